The lowest BCUT2D eigenvalue weighted by atomic mass is 9.91. The molecule has 0 saturated heterocycles. The maximum absolute atomic E-state index is 11.7. The molecular formula is C16H28O3. The van der Waals surface area contributed by atoms with Crippen molar-refractivity contribution in [3.05, 3.63) is 12.2 Å². The molecule has 0 spiro atoms. The number of esters is 1. The molecule has 1 saturated carbocycles. The Labute approximate surface area is 117 Å². The molecule has 0 aromatic carbocycles. The fourth-order valence-electron chi connectivity index (χ4n) is 2.25. The Hall–Kier alpha value is -0.830. The maximum Gasteiger partial charge on any atom is 0.335 e. The minimum absolute atomic E-state index is 0.0642. The van der Waals surface area contributed by atoms with Gasteiger partial charge >= 0.3 is 5.97 Å². The highest BCUT2D eigenvalue weighted by Crippen LogP contribution is 2.28. The molecule has 1 rings (SSSR count). The Balaban J connectivity index is 2.57. The molecule has 0 bridgehead atoms. The van der Waals surface area contributed by atoms with E-state index in [1.807, 2.05) is 0 Å². The van der Waals surface area contributed by atoms with Crippen molar-refractivity contribution in [1.29, 1.82) is 0 Å². The normalized spacial score (nSPS) is 18.9. The van der Waals surface area contributed by atoms with Crippen LogP contribution >= 0.6 is 0 Å². The van der Waals surface area contributed by atoms with Crippen LogP contribution in [0, 0.1) is 5.41 Å². The predicted octanol–water partition coefficient (Wildman–Crippen LogP) is 4.22. The topological polar surface area (TPSA) is 35.5 Å². The second-order valence-electron chi connectivity index (χ2n) is 6.78. The average molecular weight is 268 g/mol. The summed E-state index contributed by atoms with van der Waals surface area (Å²) in [6.07, 6.45) is 6.35. The zero-order chi connectivity index (χ0) is 14.5. The standard InChI is InChI=1S/C16H28O3/c1-12(2)15(17)19-14(11-16(3,4)5)18-13-9-7-6-8-10-13/h13-14H,1,6-11H2,2-5H3. The second-order valence-corrected chi connectivity index (χ2v) is 6.78. The van der Waals surface area contributed by atoms with E-state index in [0.29, 0.717) is 12.0 Å². The number of carbonyl (C=O) groups is 1. The Bertz CT molecular complexity index is 308. The number of carbonyl (C=O) groups excluding carboxylic acids is 1. The fraction of sp³-hybridized carbons (Fsp3) is 0.812. The fourth-order valence-corrected chi connectivity index (χ4v) is 2.25. The molecule has 0 N–H and O–H groups in total. The third kappa shape index (κ3) is 6.76. The van der Waals surface area contributed by atoms with E-state index in [1.54, 1.807) is 6.92 Å². The first kappa shape index (κ1) is 16.2. The van der Waals surface area contributed by atoms with Crippen LogP contribution < -0.4 is 0 Å². The molecule has 110 valence electrons. The lowest BCUT2D eigenvalue weighted by Crippen LogP contribution is -2.32. The van der Waals surface area contributed by atoms with Gasteiger partial charge in [0.1, 0.15) is 0 Å². The van der Waals surface area contributed by atoms with E-state index < -0.39 is 6.29 Å². The molecule has 0 aromatic heterocycles. The number of hydrogen-bond donors (Lipinski definition) is 0. The zero-order valence-electron chi connectivity index (χ0n) is 12.8. The lowest BCUT2D eigenvalue weighted by molar-refractivity contribution is -0.196. The summed E-state index contributed by atoms with van der Waals surface area (Å²) in [5.74, 6) is -0.356. The molecule has 0 radical (unpaired) electrons. The Kier molecular flexibility index (Phi) is 6.05. The SMILES string of the molecule is C=C(C)C(=O)OC(CC(C)(C)C)OC1CCCCC1. The van der Waals surface area contributed by atoms with E-state index in [9.17, 15) is 4.79 Å². The monoisotopic (exact) mass is 268 g/mol. The van der Waals surface area contributed by atoms with Crippen molar-refractivity contribution < 1.29 is 14.3 Å². The molecule has 0 amide bonds. The quantitative estimate of drug-likeness (QED) is 0.425. The van der Waals surface area contributed by atoms with Gasteiger partial charge in [0.25, 0.3) is 0 Å². The third-order valence-corrected chi connectivity index (χ3v) is 3.26. The van der Waals surface area contributed by atoms with Crippen LogP contribution in [0.4, 0.5) is 0 Å². The van der Waals surface area contributed by atoms with E-state index in [2.05, 4.69) is 27.4 Å². The molecule has 3 heteroatoms. The minimum Gasteiger partial charge on any atom is -0.432 e. The van der Waals surface area contributed by atoms with E-state index in [-0.39, 0.29) is 17.5 Å². The summed E-state index contributed by atoms with van der Waals surface area (Å²) in [4.78, 5) is 11.7. The lowest BCUT2D eigenvalue weighted by Gasteiger charge is -2.31. The van der Waals surface area contributed by atoms with Gasteiger partial charge in [-0.15, -0.1) is 0 Å². The molecule has 0 heterocycles. The first-order valence-corrected chi connectivity index (χ1v) is 7.30. The number of ether oxygens (including phenoxy) is 2. The molecule has 1 unspecified atom stereocenters. The van der Waals surface area contributed by atoms with E-state index in [4.69, 9.17) is 9.47 Å². The van der Waals surface area contributed by atoms with Crippen molar-refractivity contribution in [2.45, 2.75) is 78.6 Å². The van der Waals surface area contributed by atoms with Gasteiger partial charge in [-0.1, -0.05) is 46.6 Å². The van der Waals surface area contributed by atoms with Gasteiger partial charge in [0.05, 0.1) is 6.10 Å². The molecule has 1 fully saturated rings. The van der Waals surface area contributed by atoms with Crippen molar-refractivity contribution in [2.24, 2.45) is 5.41 Å². The predicted molar refractivity (Wildman–Crippen MR) is 76.7 cm³/mol. The van der Waals surface area contributed by atoms with Crippen LogP contribution in [-0.2, 0) is 14.3 Å². The smallest absolute Gasteiger partial charge is 0.335 e. The van der Waals surface area contributed by atoms with Gasteiger partial charge in [-0.3, -0.25) is 0 Å². The van der Waals surface area contributed by atoms with Crippen molar-refractivity contribution in [3.8, 4) is 0 Å². The summed E-state index contributed by atoms with van der Waals surface area (Å²) in [6.45, 7) is 11.7. The summed E-state index contributed by atoms with van der Waals surface area (Å²) in [5, 5.41) is 0. The minimum atomic E-state index is -0.452. The molecule has 1 atom stereocenters. The van der Waals surface area contributed by atoms with Crippen LogP contribution in [0.5, 0.6) is 0 Å². The first-order chi connectivity index (χ1) is 8.78. The van der Waals surface area contributed by atoms with Gasteiger partial charge in [0.15, 0.2) is 0 Å². The van der Waals surface area contributed by atoms with Crippen LogP contribution in [0.15, 0.2) is 12.2 Å². The van der Waals surface area contributed by atoms with Crippen LogP contribution in [-0.4, -0.2) is 18.4 Å². The summed E-state index contributed by atoms with van der Waals surface area (Å²) in [6, 6.07) is 0. The molecule has 1 aliphatic rings. The van der Waals surface area contributed by atoms with Gasteiger partial charge in [0, 0.05) is 12.0 Å². The molecule has 1 aliphatic carbocycles. The highest BCUT2D eigenvalue weighted by atomic mass is 16.7. The van der Waals surface area contributed by atoms with Crippen LogP contribution in [0.2, 0.25) is 0 Å². The van der Waals surface area contributed by atoms with E-state index in [1.165, 1.54) is 19.3 Å². The summed E-state index contributed by atoms with van der Waals surface area (Å²) >= 11 is 0. The highest BCUT2D eigenvalue weighted by Gasteiger charge is 2.26. The Morgan fingerprint density at radius 3 is 2.32 bits per heavy atom. The van der Waals surface area contributed by atoms with Gasteiger partial charge in [0.2, 0.25) is 6.29 Å². The van der Waals surface area contributed by atoms with Gasteiger partial charge < -0.3 is 9.47 Å². The maximum atomic E-state index is 11.7. The van der Waals surface area contributed by atoms with Gasteiger partial charge in [-0.2, -0.15) is 0 Å². The Morgan fingerprint density at radius 2 is 1.84 bits per heavy atom. The largest absolute Gasteiger partial charge is 0.432 e. The van der Waals surface area contributed by atoms with E-state index in [0.717, 1.165) is 12.8 Å². The van der Waals surface area contributed by atoms with Gasteiger partial charge in [-0.05, 0) is 25.2 Å². The highest BCUT2D eigenvalue weighted by molar-refractivity contribution is 5.87. The third-order valence-electron chi connectivity index (χ3n) is 3.26. The van der Waals surface area contributed by atoms with Crippen molar-refractivity contribution in [1.82, 2.24) is 0 Å². The summed E-state index contributed by atoms with van der Waals surface area (Å²) in [7, 11) is 0. The molecule has 0 aromatic rings. The van der Waals surface area contributed by atoms with Crippen LogP contribution in [0.25, 0.3) is 0 Å². The van der Waals surface area contributed by atoms with Crippen molar-refractivity contribution in [2.75, 3.05) is 0 Å². The first-order valence-electron chi connectivity index (χ1n) is 7.30. The number of hydrogen-bond acceptors (Lipinski definition) is 3. The molecular weight excluding hydrogens is 240 g/mol. The van der Waals surface area contributed by atoms with Crippen molar-refractivity contribution in [3.63, 3.8) is 0 Å². The second kappa shape index (κ2) is 7.09. The Morgan fingerprint density at radius 1 is 1.26 bits per heavy atom. The van der Waals surface area contributed by atoms with Crippen molar-refractivity contribution >= 4 is 5.97 Å². The van der Waals surface area contributed by atoms with Gasteiger partial charge in [-0.25, -0.2) is 4.79 Å². The molecule has 19 heavy (non-hydrogen) atoms. The van der Waals surface area contributed by atoms with Crippen LogP contribution in [0.3, 0.4) is 0 Å². The van der Waals surface area contributed by atoms with Crippen LogP contribution in [0.1, 0.15) is 66.2 Å². The summed E-state index contributed by atoms with van der Waals surface area (Å²) < 4.78 is 11.4. The van der Waals surface area contributed by atoms with E-state index >= 15 is 0 Å². The molecule has 3 nitrogen and oxygen atoms in total. The molecule has 0 aliphatic heterocycles. The average Bonchev–Trinajstić information content (AvgIpc) is 2.27. The summed E-state index contributed by atoms with van der Waals surface area (Å²) in [5.41, 5.74) is 0.487. The zero-order valence-corrected chi connectivity index (χ0v) is 12.8. The number of rotatable bonds is 5.